The molecular formula is C16H13N5O4S. The molecule has 10 heteroatoms. The van der Waals surface area contributed by atoms with Crippen LogP contribution in [-0.2, 0) is 6.54 Å². The summed E-state index contributed by atoms with van der Waals surface area (Å²) in [6, 6.07) is 10.3. The Morgan fingerprint density at radius 2 is 1.92 bits per heavy atom. The number of rotatable bonds is 3. The molecule has 1 aliphatic rings. The summed E-state index contributed by atoms with van der Waals surface area (Å²) >= 11 is 1.48. The Morgan fingerprint density at radius 1 is 1.19 bits per heavy atom. The van der Waals surface area contributed by atoms with Crippen molar-refractivity contribution in [3.05, 3.63) is 72.8 Å². The van der Waals surface area contributed by atoms with Crippen LogP contribution < -0.4 is 21.8 Å². The van der Waals surface area contributed by atoms with Gasteiger partial charge in [-0.15, -0.1) is 0 Å². The molecule has 0 fully saturated rings. The number of H-pyrrole nitrogens is 2. The molecule has 132 valence electrons. The SMILES string of the molecule is NC1Sc2ccccc2N1Cc1cc([N+](=O)[O-])cc2[nH]c(=O)c(=O)[nH]c12. The number of nitro benzene ring substituents is 1. The molecule has 2 heterocycles. The summed E-state index contributed by atoms with van der Waals surface area (Å²) in [4.78, 5) is 41.8. The third kappa shape index (κ3) is 2.65. The molecule has 4 rings (SSSR count). The first-order valence-electron chi connectivity index (χ1n) is 7.65. The topological polar surface area (TPSA) is 138 Å². The maximum Gasteiger partial charge on any atom is 0.314 e. The summed E-state index contributed by atoms with van der Waals surface area (Å²) in [5, 5.41) is 11.2. The van der Waals surface area contributed by atoms with Gasteiger partial charge in [-0.1, -0.05) is 23.9 Å². The van der Waals surface area contributed by atoms with Crippen LogP contribution in [0.3, 0.4) is 0 Å². The van der Waals surface area contributed by atoms with Crippen molar-refractivity contribution in [1.82, 2.24) is 9.97 Å². The number of hydrogen-bond acceptors (Lipinski definition) is 7. The number of para-hydroxylation sites is 1. The van der Waals surface area contributed by atoms with E-state index in [2.05, 4.69) is 9.97 Å². The van der Waals surface area contributed by atoms with Crippen LogP contribution >= 0.6 is 11.8 Å². The van der Waals surface area contributed by atoms with Crippen molar-refractivity contribution in [3.8, 4) is 0 Å². The number of benzene rings is 2. The average molecular weight is 371 g/mol. The smallest absolute Gasteiger partial charge is 0.314 e. The minimum Gasteiger partial charge on any atom is -0.342 e. The lowest BCUT2D eigenvalue weighted by Gasteiger charge is -2.24. The molecule has 1 aliphatic heterocycles. The highest BCUT2D eigenvalue weighted by Gasteiger charge is 2.28. The molecule has 9 nitrogen and oxygen atoms in total. The van der Waals surface area contributed by atoms with E-state index in [9.17, 15) is 19.7 Å². The lowest BCUT2D eigenvalue weighted by molar-refractivity contribution is -0.384. The second-order valence-electron chi connectivity index (χ2n) is 5.80. The quantitative estimate of drug-likeness (QED) is 0.360. The number of nitro groups is 1. The molecule has 0 radical (unpaired) electrons. The fourth-order valence-corrected chi connectivity index (χ4v) is 4.03. The predicted octanol–water partition coefficient (Wildman–Crippen LogP) is 1.48. The van der Waals surface area contributed by atoms with Crippen LogP contribution in [0.25, 0.3) is 11.0 Å². The number of non-ortho nitro benzene ring substituents is 1. The summed E-state index contributed by atoms with van der Waals surface area (Å²) < 4.78 is 0. The number of aromatic nitrogens is 2. The Balaban J connectivity index is 1.88. The molecular weight excluding hydrogens is 358 g/mol. The van der Waals surface area contributed by atoms with E-state index in [4.69, 9.17) is 5.73 Å². The first kappa shape index (κ1) is 16.4. The summed E-state index contributed by atoms with van der Waals surface area (Å²) in [6.07, 6.45) is 0. The van der Waals surface area contributed by atoms with Crippen molar-refractivity contribution < 1.29 is 4.92 Å². The third-order valence-electron chi connectivity index (χ3n) is 4.18. The molecule has 0 spiro atoms. The second kappa shape index (κ2) is 6.00. The van der Waals surface area contributed by atoms with E-state index in [1.54, 1.807) is 0 Å². The molecule has 3 aromatic rings. The largest absolute Gasteiger partial charge is 0.342 e. The zero-order valence-corrected chi connectivity index (χ0v) is 14.1. The van der Waals surface area contributed by atoms with Crippen LogP contribution in [-0.4, -0.2) is 20.4 Å². The van der Waals surface area contributed by atoms with Gasteiger partial charge in [0.15, 0.2) is 0 Å². The number of nitrogens with two attached hydrogens (primary N) is 1. The summed E-state index contributed by atoms with van der Waals surface area (Å²) in [7, 11) is 0. The van der Waals surface area contributed by atoms with Gasteiger partial charge in [-0.3, -0.25) is 19.7 Å². The van der Waals surface area contributed by atoms with Gasteiger partial charge in [0.25, 0.3) is 5.69 Å². The van der Waals surface area contributed by atoms with Gasteiger partial charge in [0.2, 0.25) is 0 Å². The van der Waals surface area contributed by atoms with Crippen LogP contribution in [0.1, 0.15) is 5.56 Å². The molecule has 0 amide bonds. The zero-order valence-electron chi connectivity index (χ0n) is 13.3. The second-order valence-corrected chi connectivity index (χ2v) is 6.96. The molecule has 26 heavy (non-hydrogen) atoms. The minimum absolute atomic E-state index is 0.177. The van der Waals surface area contributed by atoms with Crippen molar-refractivity contribution in [2.45, 2.75) is 16.9 Å². The van der Waals surface area contributed by atoms with Crippen molar-refractivity contribution in [2.75, 3.05) is 4.90 Å². The Kier molecular flexibility index (Phi) is 3.78. The van der Waals surface area contributed by atoms with Crippen molar-refractivity contribution >= 4 is 34.2 Å². The zero-order chi connectivity index (χ0) is 18.4. The van der Waals surface area contributed by atoms with Crippen LogP contribution in [0.5, 0.6) is 0 Å². The van der Waals surface area contributed by atoms with Gasteiger partial charge in [0.05, 0.1) is 21.6 Å². The molecule has 0 saturated carbocycles. The number of fused-ring (bicyclic) bond motifs is 2. The van der Waals surface area contributed by atoms with Crippen molar-refractivity contribution in [2.24, 2.45) is 5.73 Å². The highest BCUT2D eigenvalue weighted by molar-refractivity contribution is 8.00. The van der Waals surface area contributed by atoms with Crippen molar-refractivity contribution in [3.63, 3.8) is 0 Å². The number of thioether (sulfide) groups is 1. The average Bonchev–Trinajstić information content (AvgIpc) is 2.92. The van der Waals surface area contributed by atoms with Crippen LogP contribution in [0, 0.1) is 10.1 Å². The van der Waals surface area contributed by atoms with E-state index in [-0.39, 0.29) is 23.2 Å². The fraction of sp³-hybridized carbons (Fsp3) is 0.125. The molecule has 0 aliphatic carbocycles. The summed E-state index contributed by atoms with van der Waals surface area (Å²) in [6.45, 7) is 0.241. The van der Waals surface area contributed by atoms with E-state index in [0.717, 1.165) is 10.6 Å². The van der Waals surface area contributed by atoms with Gasteiger partial charge < -0.3 is 20.6 Å². The van der Waals surface area contributed by atoms with Gasteiger partial charge in [0.1, 0.15) is 5.50 Å². The van der Waals surface area contributed by atoms with Crippen LogP contribution in [0.4, 0.5) is 11.4 Å². The molecule has 1 atom stereocenters. The fourth-order valence-electron chi connectivity index (χ4n) is 2.99. The van der Waals surface area contributed by atoms with E-state index < -0.39 is 16.0 Å². The Bertz CT molecular complexity index is 1160. The number of nitrogens with zero attached hydrogens (tertiary/aromatic N) is 2. The minimum atomic E-state index is -0.859. The van der Waals surface area contributed by atoms with Crippen LogP contribution in [0.2, 0.25) is 0 Å². The normalized spacial score (nSPS) is 16.0. The summed E-state index contributed by atoms with van der Waals surface area (Å²) in [5.41, 5.74) is 5.95. The Labute approximate surface area is 150 Å². The first-order valence-corrected chi connectivity index (χ1v) is 8.53. The molecule has 0 bridgehead atoms. The third-order valence-corrected chi connectivity index (χ3v) is 5.27. The van der Waals surface area contributed by atoms with Gasteiger partial charge in [0, 0.05) is 29.1 Å². The number of aromatic amines is 2. The molecule has 0 saturated heterocycles. The lowest BCUT2D eigenvalue weighted by atomic mass is 10.1. The predicted molar refractivity (Wildman–Crippen MR) is 98.3 cm³/mol. The lowest BCUT2D eigenvalue weighted by Crippen LogP contribution is -2.36. The first-order chi connectivity index (χ1) is 12.4. The highest BCUT2D eigenvalue weighted by Crippen LogP contribution is 2.42. The van der Waals surface area contributed by atoms with E-state index in [0.29, 0.717) is 11.1 Å². The number of hydrogen-bond donors (Lipinski definition) is 3. The van der Waals surface area contributed by atoms with E-state index in [1.165, 1.54) is 23.9 Å². The van der Waals surface area contributed by atoms with E-state index in [1.807, 2.05) is 29.2 Å². The summed E-state index contributed by atoms with van der Waals surface area (Å²) in [5.74, 6) is 0. The van der Waals surface area contributed by atoms with Gasteiger partial charge in [-0.2, -0.15) is 0 Å². The standard InChI is InChI=1S/C16H13N5O4S/c17-16-20(11-3-1-2-4-12(11)26-16)7-8-5-9(21(24)25)6-10-13(8)19-15(23)14(22)18-10/h1-6,16H,7,17H2,(H,18,22)(H,19,23). The van der Waals surface area contributed by atoms with E-state index >= 15 is 0 Å². The molecule has 2 aromatic carbocycles. The van der Waals surface area contributed by atoms with Gasteiger partial charge >= 0.3 is 11.1 Å². The maximum absolute atomic E-state index is 11.7. The number of anilines is 1. The molecule has 1 unspecified atom stereocenters. The van der Waals surface area contributed by atoms with Crippen molar-refractivity contribution in [1.29, 1.82) is 0 Å². The van der Waals surface area contributed by atoms with Crippen LogP contribution in [0.15, 0.2) is 50.9 Å². The maximum atomic E-state index is 11.7. The molecule has 1 aromatic heterocycles. The number of nitrogens with one attached hydrogen (secondary N) is 2. The monoisotopic (exact) mass is 371 g/mol. The van der Waals surface area contributed by atoms with Gasteiger partial charge in [-0.05, 0) is 12.1 Å². The van der Waals surface area contributed by atoms with Gasteiger partial charge in [-0.25, -0.2) is 0 Å². The highest BCUT2D eigenvalue weighted by atomic mass is 32.2. The Morgan fingerprint density at radius 3 is 2.69 bits per heavy atom. The molecule has 4 N–H and O–H groups in total. The Hall–Kier alpha value is -3.11.